The molecule has 1 unspecified atom stereocenters. The summed E-state index contributed by atoms with van der Waals surface area (Å²) >= 11 is 0. The predicted molar refractivity (Wildman–Crippen MR) is 122 cm³/mol. The molecule has 0 fully saturated rings. The molecule has 0 spiro atoms. The highest BCUT2D eigenvalue weighted by molar-refractivity contribution is 14.0. The summed E-state index contributed by atoms with van der Waals surface area (Å²) in [4.78, 5) is 15.9. The normalized spacial score (nSPS) is 12.3. The molecule has 0 aromatic heterocycles. The van der Waals surface area contributed by atoms with E-state index in [2.05, 4.69) is 41.7 Å². The van der Waals surface area contributed by atoms with Crippen molar-refractivity contribution in [3.8, 4) is 0 Å². The van der Waals surface area contributed by atoms with Crippen molar-refractivity contribution in [3.63, 3.8) is 0 Å². The van der Waals surface area contributed by atoms with E-state index in [9.17, 15) is 4.79 Å². The lowest BCUT2D eigenvalue weighted by molar-refractivity contribution is -0.116. The minimum Gasteiger partial charge on any atom is -0.354 e. The van der Waals surface area contributed by atoms with Crippen molar-refractivity contribution in [2.45, 2.75) is 66.0 Å². The standard InChI is InChI=1S/C20H34N4O.HI/c1-6-7-19(25)24-18-12-10-17(11-13-18)14-22-20(21-5)23-16(4)9-8-15(2)3;/h10-13,15-16H,6-9,14H2,1-5H3,(H,24,25)(H2,21,22,23);1H. The van der Waals surface area contributed by atoms with Crippen LogP contribution in [-0.4, -0.2) is 25.0 Å². The van der Waals surface area contributed by atoms with Crippen LogP contribution in [0.15, 0.2) is 29.3 Å². The summed E-state index contributed by atoms with van der Waals surface area (Å²) in [5.41, 5.74) is 1.98. The van der Waals surface area contributed by atoms with Gasteiger partial charge in [-0.2, -0.15) is 0 Å². The summed E-state index contributed by atoms with van der Waals surface area (Å²) in [5, 5.41) is 9.66. The van der Waals surface area contributed by atoms with Crippen LogP contribution >= 0.6 is 24.0 Å². The van der Waals surface area contributed by atoms with Crippen molar-refractivity contribution in [3.05, 3.63) is 29.8 Å². The van der Waals surface area contributed by atoms with Crippen LogP contribution in [0.1, 0.15) is 58.9 Å². The Labute approximate surface area is 175 Å². The van der Waals surface area contributed by atoms with E-state index in [1.165, 1.54) is 6.42 Å². The van der Waals surface area contributed by atoms with Crippen LogP contribution < -0.4 is 16.0 Å². The Balaban J connectivity index is 0.00000625. The van der Waals surface area contributed by atoms with Gasteiger partial charge in [-0.15, -0.1) is 24.0 Å². The van der Waals surface area contributed by atoms with Crippen molar-refractivity contribution in [2.75, 3.05) is 12.4 Å². The molecule has 5 nitrogen and oxygen atoms in total. The molecule has 1 aromatic rings. The Morgan fingerprint density at radius 1 is 1.12 bits per heavy atom. The molecular weight excluding hydrogens is 439 g/mol. The van der Waals surface area contributed by atoms with Crippen LogP contribution in [0.25, 0.3) is 0 Å². The second-order valence-corrected chi connectivity index (χ2v) is 6.94. The molecule has 3 N–H and O–H groups in total. The van der Waals surface area contributed by atoms with Gasteiger partial charge in [0.15, 0.2) is 5.96 Å². The second kappa shape index (κ2) is 13.8. The lowest BCUT2D eigenvalue weighted by Crippen LogP contribution is -2.41. The number of guanidine groups is 1. The molecule has 0 aliphatic carbocycles. The number of hydrogen-bond donors (Lipinski definition) is 3. The van der Waals surface area contributed by atoms with Crippen LogP contribution in [0.5, 0.6) is 0 Å². The van der Waals surface area contributed by atoms with Gasteiger partial charge in [0, 0.05) is 31.7 Å². The molecule has 0 aliphatic rings. The SMILES string of the molecule is CCCC(=O)Nc1ccc(CNC(=NC)NC(C)CCC(C)C)cc1.I. The van der Waals surface area contributed by atoms with Gasteiger partial charge in [0.1, 0.15) is 0 Å². The van der Waals surface area contributed by atoms with Gasteiger partial charge in [0.05, 0.1) is 0 Å². The summed E-state index contributed by atoms with van der Waals surface area (Å²) in [5.74, 6) is 1.60. The molecule has 0 radical (unpaired) electrons. The molecule has 1 amide bonds. The molecule has 1 atom stereocenters. The van der Waals surface area contributed by atoms with E-state index in [4.69, 9.17) is 0 Å². The molecular formula is C20H35IN4O. The molecule has 1 aromatic carbocycles. The van der Waals surface area contributed by atoms with Gasteiger partial charge in [-0.25, -0.2) is 0 Å². The lowest BCUT2D eigenvalue weighted by atomic mass is 10.0. The number of amides is 1. The topological polar surface area (TPSA) is 65.5 Å². The lowest BCUT2D eigenvalue weighted by Gasteiger charge is -2.18. The average Bonchev–Trinajstić information content (AvgIpc) is 2.58. The van der Waals surface area contributed by atoms with Crippen LogP contribution in [0.4, 0.5) is 5.69 Å². The van der Waals surface area contributed by atoms with Gasteiger partial charge in [-0.05, 0) is 49.8 Å². The first-order valence-electron chi connectivity index (χ1n) is 9.30. The number of benzene rings is 1. The number of nitrogens with one attached hydrogen (secondary N) is 3. The largest absolute Gasteiger partial charge is 0.354 e. The Bertz CT molecular complexity index is 543. The third-order valence-corrected chi connectivity index (χ3v) is 3.96. The number of halogens is 1. The van der Waals surface area contributed by atoms with E-state index in [1.54, 1.807) is 7.05 Å². The van der Waals surface area contributed by atoms with Gasteiger partial charge in [0.25, 0.3) is 0 Å². The molecule has 0 bridgehead atoms. The molecule has 1 rings (SSSR count). The fourth-order valence-corrected chi connectivity index (χ4v) is 2.43. The third-order valence-electron chi connectivity index (χ3n) is 3.96. The molecule has 6 heteroatoms. The van der Waals surface area contributed by atoms with E-state index < -0.39 is 0 Å². The second-order valence-electron chi connectivity index (χ2n) is 6.94. The van der Waals surface area contributed by atoms with Crippen LogP contribution in [0, 0.1) is 5.92 Å². The van der Waals surface area contributed by atoms with Gasteiger partial charge in [-0.3, -0.25) is 9.79 Å². The van der Waals surface area contributed by atoms with Crippen molar-refractivity contribution in [1.82, 2.24) is 10.6 Å². The summed E-state index contributed by atoms with van der Waals surface area (Å²) < 4.78 is 0. The third kappa shape index (κ3) is 10.6. The first kappa shape index (κ1) is 24.7. The van der Waals surface area contributed by atoms with E-state index in [0.717, 1.165) is 36.0 Å². The fraction of sp³-hybridized carbons (Fsp3) is 0.600. The number of rotatable bonds is 9. The van der Waals surface area contributed by atoms with E-state index in [0.29, 0.717) is 19.0 Å². The van der Waals surface area contributed by atoms with E-state index in [-0.39, 0.29) is 29.9 Å². The molecule has 0 saturated heterocycles. The maximum absolute atomic E-state index is 11.6. The minimum absolute atomic E-state index is 0. The van der Waals surface area contributed by atoms with Crippen LogP contribution in [0.3, 0.4) is 0 Å². The minimum atomic E-state index is 0. The maximum Gasteiger partial charge on any atom is 0.224 e. The highest BCUT2D eigenvalue weighted by Crippen LogP contribution is 2.10. The zero-order chi connectivity index (χ0) is 18.7. The fourth-order valence-electron chi connectivity index (χ4n) is 2.43. The first-order chi connectivity index (χ1) is 11.9. The monoisotopic (exact) mass is 474 g/mol. The summed E-state index contributed by atoms with van der Waals surface area (Å²) in [6.45, 7) is 9.37. The smallest absolute Gasteiger partial charge is 0.224 e. The van der Waals surface area contributed by atoms with Gasteiger partial charge in [-0.1, -0.05) is 32.9 Å². The molecule has 148 valence electrons. The van der Waals surface area contributed by atoms with Crippen molar-refractivity contribution in [2.24, 2.45) is 10.9 Å². The molecule has 0 heterocycles. The van der Waals surface area contributed by atoms with Crippen LogP contribution in [0.2, 0.25) is 0 Å². The summed E-state index contributed by atoms with van der Waals surface area (Å²) in [6.07, 6.45) is 3.75. The van der Waals surface area contributed by atoms with Gasteiger partial charge in [0.2, 0.25) is 5.91 Å². The molecule has 26 heavy (non-hydrogen) atoms. The van der Waals surface area contributed by atoms with E-state index >= 15 is 0 Å². The number of hydrogen-bond acceptors (Lipinski definition) is 2. The van der Waals surface area contributed by atoms with E-state index in [1.807, 2.05) is 31.2 Å². The molecule has 0 aliphatic heterocycles. The summed E-state index contributed by atoms with van der Waals surface area (Å²) in [6, 6.07) is 8.30. The Morgan fingerprint density at radius 3 is 2.31 bits per heavy atom. The molecule has 0 saturated carbocycles. The number of carbonyl (C=O) groups is 1. The van der Waals surface area contributed by atoms with Crippen molar-refractivity contribution in [1.29, 1.82) is 0 Å². The van der Waals surface area contributed by atoms with Crippen LogP contribution in [-0.2, 0) is 11.3 Å². The Morgan fingerprint density at radius 2 is 1.77 bits per heavy atom. The number of anilines is 1. The highest BCUT2D eigenvalue weighted by Gasteiger charge is 2.06. The quantitative estimate of drug-likeness (QED) is 0.280. The Kier molecular flexibility index (Phi) is 13.1. The highest BCUT2D eigenvalue weighted by atomic mass is 127. The zero-order valence-corrected chi connectivity index (χ0v) is 19.1. The number of nitrogens with zero attached hydrogens (tertiary/aromatic N) is 1. The Hall–Kier alpha value is -1.31. The first-order valence-corrected chi connectivity index (χ1v) is 9.30. The predicted octanol–water partition coefficient (Wildman–Crippen LogP) is 4.53. The number of aliphatic imine (C=N–C) groups is 1. The average molecular weight is 474 g/mol. The van der Waals surface area contributed by atoms with Gasteiger partial charge >= 0.3 is 0 Å². The van der Waals surface area contributed by atoms with Gasteiger partial charge < -0.3 is 16.0 Å². The zero-order valence-electron chi connectivity index (χ0n) is 16.8. The van der Waals surface area contributed by atoms with Crippen molar-refractivity contribution >= 4 is 41.5 Å². The maximum atomic E-state index is 11.6. The summed E-state index contributed by atoms with van der Waals surface area (Å²) in [7, 11) is 1.79. The van der Waals surface area contributed by atoms with Crippen molar-refractivity contribution < 1.29 is 4.79 Å². The number of carbonyl (C=O) groups excluding carboxylic acids is 1.